The maximum atomic E-state index is 13.1. The first-order valence-electron chi connectivity index (χ1n) is 4.27. The standard InChI is InChI=1S/C9H15FN2/c1-6(2)9-8(10)5-12(11-9)7(3)4/h5-7H,1-4H3. The Morgan fingerprint density at radius 1 is 1.33 bits per heavy atom. The molecule has 1 aromatic rings. The van der Waals surface area contributed by atoms with E-state index >= 15 is 0 Å². The summed E-state index contributed by atoms with van der Waals surface area (Å²) < 4.78 is 14.8. The van der Waals surface area contributed by atoms with Gasteiger partial charge in [-0.1, -0.05) is 13.8 Å². The van der Waals surface area contributed by atoms with Crippen molar-refractivity contribution >= 4 is 0 Å². The molecule has 2 nitrogen and oxygen atoms in total. The van der Waals surface area contributed by atoms with Crippen LogP contribution in [0, 0.1) is 5.82 Å². The van der Waals surface area contributed by atoms with Crippen LogP contribution in [0.15, 0.2) is 6.20 Å². The molecule has 0 saturated carbocycles. The molecule has 3 heteroatoms. The molecule has 0 aliphatic carbocycles. The molecule has 0 fully saturated rings. The van der Waals surface area contributed by atoms with Gasteiger partial charge in [0.1, 0.15) is 5.69 Å². The van der Waals surface area contributed by atoms with Crippen LogP contribution in [-0.2, 0) is 0 Å². The fourth-order valence-electron chi connectivity index (χ4n) is 1.04. The average molecular weight is 170 g/mol. The maximum Gasteiger partial charge on any atom is 0.164 e. The van der Waals surface area contributed by atoms with E-state index in [-0.39, 0.29) is 17.8 Å². The fraction of sp³-hybridized carbons (Fsp3) is 0.667. The van der Waals surface area contributed by atoms with E-state index in [1.807, 2.05) is 27.7 Å². The zero-order valence-corrected chi connectivity index (χ0v) is 8.00. The monoisotopic (exact) mass is 170 g/mol. The molecule has 0 aliphatic heterocycles. The summed E-state index contributed by atoms with van der Waals surface area (Å²) in [6.45, 7) is 7.85. The Labute approximate surface area is 72.4 Å². The molecule has 12 heavy (non-hydrogen) atoms. The fourth-order valence-corrected chi connectivity index (χ4v) is 1.04. The lowest BCUT2D eigenvalue weighted by atomic mass is 10.1. The van der Waals surface area contributed by atoms with Gasteiger partial charge in [-0.3, -0.25) is 4.68 Å². The van der Waals surface area contributed by atoms with Crippen molar-refractivity contribution in [1.29, 1.82) is 0 Å². The molecular weight excluding hydrogens is 155 g/mol. The molecule has 1 aromatic heterocycles. The van der Waals surface area contributed by atoms with Crippen molar-refractivity contribution in [3.05, 3.63) is 17.7 Å². The van der Waals surface area contributed by atoms with Crippen LogP contribution in [0.5, 0.6) is 0 Å². The third-order valence-electron chi connectivity index (χ3n) is 1.79. The highest BCUT2D eigenvalue weighted by Gasteiger charge is 2.12. The predicted molar refractivity (Wildman–Crippen MR) is 46.7 cm³/mol. The molecule has 0 saturated heterocycles. The molecule has 0 unspecified atom stereocenters. The van der Waals surface area contributed by atoms with Gasteiger partial charge in [-0.15, -0.1) is 0 Å². The summed E-state index contributed by atoms with van der Waals surface area (Å²) in [5, 5.41) is 4.15. The van der Waals surface area contributed by atoms with Crippen LogP contribution in [0.4, 0.5) is 4.39 Å². The number of aromatic nitrogens is 2. The zero-order valence-electron chi connectivity index (χ0n) is 8.00. The Balaban J connectivity index is 3.00. The van der Waals surface area contributed by atoms with Gasteiger partial charge in [-0.2, -0.15) is 5.10 Å². The first kappa shape index (κ1) is 9.23. The minimum absolute atomic E-state index is 0.157. The van der Waals surface area contributed by atoms with Gasteiger partial charge < -0.3 is 0 Å². The number of rotatable bonds is 2. The van der Waals surface area contributed by atoms with Crippen molar-refractivity contribution in [3.8, 4) is 0 Å². The molecule has 0 amide bonds. The molecule has 0 bridgehead atoms. The SMILES string of the molecule is CC(C)c1nn(C(C)C)cc1F. The van der Waals surface area contributed by atoms with Crippen molar-refractivity contribution in [2.75, 3.05) is 0 Å². The van der Waals surface area contributed by atoms with Gasteiger partial charge in [0.15, 0.2) is 5.82 Å². The Kier molecular flexibility index (Phi) is 2.50. The normalized spacial score (nSPS) is 11.6. The molecule has 0 radical (unpaired) electrons. The lowest BCUT2D eigenvalue weighted by Gasteiger charge is -2.03. The summed E-state index contributed by atoms with van der Waals surface area (Å²) in [4.78, 5) is 0. The molecule has 0 atom stereocenters. The number of nitrogens with zero attached hydrogens (tertiary/aromatic N) is 2. The molecule has 1 heterocycles. The average Bonchev–Trinajstić information content (AvgIpc) is 2.30. The van der Waals surface area contributed by atoms with Crippen LogP contribution in [0.25, 0.3) is 0 Å². The van der Waals surface area contributed by atoms with Gasteiger partial charge in [0.05, 0.1) is 6.20 Å². The summed E-state index contributed by atoms with van der Waals surface area (Å²) in [7, 11) is 0. The third kappa shape index (κ3) is 1.65. The Morgan fingerprint density at radius 2 is 1.92 bits per heavy atom. The largest absolute Gasteiger partial charge is 0.267 e. The van der Waals surface area contributed by atoms with Crippen molar-refractivity contribution < 1.29 is 4.39 Å². The molecule has 68 valence electrons. The third-order valence-corrected chi connectivity index (χ3v) is 1.79. The molecule has 0 N–H and O–H groups in total. The van der Waals surface area contributed by atoms with Crippen LogP contribution < -0.4 is 0 Å². The second-order valence-electron chi connectivity index (χ2n) is 3.59. The van der Waals surface area contributed by atoms with E-state index in [9.17, 15) is 4.39 Å². The van der Waals surface area contributed by atoms with E-state index in [0.29, 0.717) is 5.69 Å². The van der Waals surface area contributed by atoms with Gasteiger partial charge in [-0.05, 0) is 13.8 Å². The van der Waals surface area contributed by atoms with Gasteiger partial charge in [0, 0.05) is 12.0 Å². The minimum Gasteiger partial charge on any atom is -0.267 e. The summed E-state index contributed by atoms with van der Waals surface area (Å²) in [6.07, 6.45) is 1.46. The van der Waals surface area contributed by atoms with E-state index in [0.717, 1.165) is 0 Å². The minimum atomic E-state index is -0.196. The first-order chi connectivity index (χ1) is 5.52. The lowest BCUT2D eigenvalue weighted by Crippen LogP contribution is -2.02. The van der Waals surface area contributed by atoms with Crippen molar-refractivity contribution in [2.24, 2.45) is 0 Å². The van der Waals surface area contributed by atoms with Gasteiger partial charge in [0.25, 0.3) is 0 Å². The highest BCUT2D eigenvalue weighted by atomic mass is 19.1. The number of halogens is 1. The highest BCUT2D eigenvalue weighted by Crippen LogP contribution is 2.17. The van der Waals surface area contributed by atoms with Gasteiger partial charge >= 0.3 is 0 Å². The second kappa shape index (κ2) is 3.25. The molecule has 1 rings (SSSR count). The van der Waals surface area contributed by atoms with Crippen LogP contribution in [-0.4, -0.2) is 9.78 Å². The summed E-state index contributed by atoms with van der Waals surface area (Å²) in [6, 6.07) is 0.229. The quantitative estimate of drug-likeness (QED) is 0.667. The van der Waals surface area contributed by atoms with Crippen molar-refractivity contribution in [2.45, 2.75) is 39.7 Å². The first-order valence-corrected chi connectivity index (χ1v) is 4.27. The van der Waals surface area contributed by atoms with Crippen molar-refractivity contribution in [1.82, 2.24) is 9.78 Å². The predicted octanol–water partition coefficient (Wildman–Crippen LogP) is 2.73. The van der Waals surface area contributed by atoms with Crippen LogP contribution in [0.2, 0.25) is 0 Å². The smallest absolute Gasteiger partial charge is 0.164 e. The Bertz CT molecular complexity index is 263. The summed E-state index contributed by atoms with van der Waals surface area (Å²) in [5.74, 6) is -0.0382. The Morgan fingerprint density at radius 3 is 2.17 bits per heavy atom. The molecule has 0 spiro atoms. The van der Waals surface area contributed by atoms with Crippen molar-refractivity contribution in [3.63, 3.8) is 0 Å². The number of hydrogen-bond donors (Lipinski definition) is 0. The van der Waals surface area contributed by atoms with Crippen LogP contribution in [0.1, 0.15) is 45.3 Å². The highest BCUT2D eigenvalue weighted by molar-refractivity contribution is 5.07. The Hall–Kier alpha value is -0.860. The number of hydrogen-bond acceptors (Lipinski definition) is 1. The topological polar surface area (TPSA) is 17.8 Å². The lowest BCUT2D eigenvalue weighted by molar-refractivity contribution is 0.522. The van der Waals surface area contributed by atoms with E-state index in [4.69, 9.17) is 0 Å². The van der Waals surface area contributed by atoms with Gasteiger partial charge in [0.2, 0.25) is 0 Å². The van der Waals surface area contributed by atoms with Crippen LogP contribution in [0.3, 0.4) is 0 Å². The second-order valence-corrected chi connectivity index (χ2v) is 3.59. The molecular formula is C9H15FN2. The summed E-state index contributed by atoms with van der Waals surface area (Å²) in [5.41, 5.74) is 0.559. The maximum absolute atomic E-state index is 13.1. The van der Waals surface area contributed by atoms with E-state index < -0.39 is 0 Å². The zero-order chi connectivity index (χ0) is 9.30. The van der Waals surface area contributed by atoms with Crippen LogP contribution >= 0.6 is 0 Å². The van der Waals surface area contributed by atoms with E-state index in [1.54, 1.807) is 4.68 Å². The molecule has 0 aliphatic rings. The van der Waals surface area contributed by atoms with E-state index in [2.05, 4.69) is 5.10 Å². The van der Waals surface area contributed by atoms with E-state index in [1.165, 1.54) is 6.20 Å². The molecule has 0 aromatic carbocycles. The van der Waals surface area contributed by atoms with Gasteiger partial charge in [-0.25, -0.2) is 4.39 Å². The summed E-state index contributed by atoms with van der Waals surface area (Å²) >= 11 is 0.